The molecule has 8 heteroatoms. The van der Waals surface area contributed by atoms with Gasteiger partial charge in [0.25, 0.3) is 5.91 Å². The molecule has 0 aliphatic carbocycles. The minimum Gasteiger partial charge on any atom is -0.490 e. The van der Waals surface area contributed by atoms with E-state index in [0.717, 1.165) is 5.56 Å². The van der Waals surface area contributed by atoms with Gasteiger partial charge >= 0.3 is 0 Å². The quantitative estimate of drug-likeness (QED) is 0.353. The highest BCUT2D eigenvalue weighted by atomic mass is 35.5. The van der Waals surface area contributed by atoms with Gasteiger partial charge in [0.2, 0.25) is 0 Å². The zero-order valence-electron chi connectivity index (χ0n) is 16.8. The Bertz CT molecular complexity index is 1010. The van der Waals surface area contributed by atoms with Crippen LogP contribution in [0.5, 0.6) is 11.5 Å². The van der Waals surface area contributed by atoms with E-state index in [-0.39, 0.29) is 10.9 Å². The summed E-state index contributed by atoms with van der Waals surface area (Å²) in [5.41, 5.74) is 1.22. The second-order valence-corrected chi connectivity index (χ2v) is 9.04. The summed E-state index contributed by atoms with van der Waals surface area (Å²) in [6, 6.07) is 9.60. The fourth-order valence-electron chi connectivity index (χ4n) is 2.72. The molecule has 0 bridgehead atoms. The van der Waals surface area contributed by atoms with Gasteiger partial charge in [0, 0.05) is 0 Å². The molecule has 2 aromatic rings. The molecule has 1 aliphatic rings. The van der Waals surface area contributed by atoms with Crippen LogP contribution in [0.15, 0.2) is 41.3 Å². The van der Waals surface area contributed by atoms with Crippen LogP contribution in [0.25, 0.3) is 6.08 Å². The van der Waals surface area contributed by atoms with E-state index in [1.807, 2.05) is 25.1 Å². The topological polar surface area (TPSA) is 38.8 Å². The lowest BCUT2D eigenvalue weighted by Crippen LogP contribution is -2.27. The van der Waals surface area contributed by atoms with Gasteiger partial charge in [-0.1, -0.05) is 55.5 Å². The molecule has 1 heterocycles. The molecule has 0 unspecified atom stereocenters. The molecule has 0 radical (unpaired) electrons. The Kier molecular flexibility index (Phi) is 7.39. The number of hydrogen-bond donors (Lipinski definition) is 0. The van der Waals surface area contributed by atoms with E-state index in [4.69, 9.17) is 33.3 Å². The molecule has 3 rings (SSSR count). The molecular formula is C22H21ClFNO3S2. The third-order valence-electron chi connectivity index (χ3n) is 4.09. The Morgan fingerprint density at radius 1 is 1.20 bits per heavy atom. The first-order valence-corrected chi connectivity index (χ1v) is 11.0. The maximum atomic E-state index is 13.5. The van der Waals surface area contributed by atoms with Crippen LogP contribution in [-0.2, 0) is 4.79 Å². The molecule has 0 N–H and O–H groups in total. The fraction of sp³-hybridized carbons (Fsp3) is 0.273. The van der Waals surface area contributed by atoms with Gasteiger partial charge in [0.1, 0.15) is 5.82 Å². The molecule has 0 aromatic heterocycles. The molecule has 1 amide bonds. The maximum Gasteiger partial charge on any atom is 0.270 e. The second kappa shape index (κ2) is 9.81. The number of amides is 1. The van der Waals surface area contributed by atoms with Crippen molar-refractivity contribution in [2.75, 3.05) is 18.1 Å². The SMILES string of the molecule is CCOc1cc(/C=C2\SC(=S)N(c3ccc(F)c(Cl)c3)C2=O)ccc1OCC(C)C. The van der Waals surface area contributed by atoms with Crippen molar-refractivity contribution in [2.24, 2.45) is 5.92 Å². The summed E-state index contributed by atoms with van der Waals surface area (Å²) < 4.78 is 25.4. The van der Waals surface area contributed by atoms with Gasteiger partial charge in [0.15, 0.2) is 15.8 Å². The Balaban J connectivity index is 1.87. The first kappa shape index (κ1) is 22.6. The summed E-state index contributed by atoms with van der Waals surface area (Å²) in [4.78, 5) is 14.7. The Hall–Kier alpha value is -2.09. The van der Waals surface area contributed by atoms with Crippen molar-refractivity contribution in [3.05, 3.63) is 57.7 Å². The largest absolute Gasteiger partial charge is 0.490 e. The highest BCUT2D eigenvalue weighted by Gasteiger charge is 2.33. The van der Waals surface area contributed by atoms with Crippen molar-refractivity contribution >= 4 is 57.6 Å². The molecule has 158 valence electrons. The molecule has 0 spiro atoms. The first-order chi connectivity index (χ1) is 14.3. The van der Waals surface area contributed by atoms with Crippen molar-refractivity contribution < 1.29 is 18.7 Å². The Labute approximate surface area is 190 Å². The molecule has 1 aliphatic heterocycles. The minimum atomic E-state index is -0.551. The van der Waals surface area contributed by atoms with Gasteiger partial charge in [-0.15, -0.1) is 0 Å². The van der Waals surface area contributed by atoms with Crippen LogP contribution in [0.4, 0.5) is 10.1 Å². The smallest absolute Gasteiger partial charge is 0.270 e. The number of carbonyl (C=O) groups excluding carboxylic acids is 1. The van der Waals surface area contributed by atoms with E-state index < -0.39 is 5.82 Å². The van der Waals surface area contributed by atoms with Crippen LogP contribution in [-0.4, -0.2) is 23.4 Å². The molecule has 30 heavy (non-hydrogen) atoms. The highest BCUT2D eigenvalue weighted by Crippen LogP contribution is 2.38. The average Bonchev–Trinajstić information content (AvgIpc) is 2.97. The van der Waals surface area contributed by atoms with Crippen molar-refractivity contribution in [1.29, 1.82) is 0 Å². The van der Waals surface area contributed by atoms with Crippen LogP contribution in [0.1, 0.15) is 26.3 Å². The summed E-state index contributed by atoms with van der Waals surface area (Å²) >= 11 is 12.4. The van der Waals surface area contributed by atoms with Crippen LogP contribution >= 0.6 is 35.6 Å². The number of thioether (sulfide) groups is 1. The number of benzene rings is 2. The zero-order valence-corrected chi connectivity index (χ0v) is 19.2. The van der Waals surface area contributed by atoms with Crippen LogP contribution in [0.3, 0.4) is 0 Å². The number of thiocarbonyl (C=S) groups is 1. The summed E-state index contributed by atoms with van der Waals surface area (Å²) in [6.45, 7) is 7.13. The summed E-state index contributed by atoms with van der Waals surface area (Å²) in [5, 5.41) is -0.0659. The molecular weight excluding hydrogens is 445 g/mol. The first-order valence-electron chi connectivity index (χ1n) is 9.42. The normalized spacial score (nSPS) is 15.4. The van der Waals surface area contributed by atoms with Crippen LogP contribution in [0.2, 0.25) is 5.02 Å². The second-order valence-electron chi connectivity index (χ2n) is 6.96. The molecule has 1 fully saturated rings. The van der Waals surface area contributed by atoms with Gasteiger partial charge in [-0.2, -0.15) is 0 Å². The van der Waals surface area contributed by atoms with Crippen molar-refractivity contribution in [3.63, 3.8) is 0 Å². The van der Waals surface area contributed by atoms with Crippen LogP contribution in [0, 0.1) is 11.7 Å². The molecule has 4 nitrogen and oxygen atoms in total. The van der Waals surface area contributed by atoms with Gasteiger partial charge in [-0.3, -0.25) is 9.69 Å². The standard InChI is InChI=1S/C22H21ClFNO3S2/c1-4-27-19-9-14(5-8-18(19)28-12-13(2)3)10-20-21(26)25(22(29)30-20)15-6-7-17(24)16(23)11-15/h5-11,13H,4,12H2,1-3H3/b20-10-. The summed E-state index contributed by atoms with van der Waals surface area (Å²) in [7, 11) is 0. The van der Waals surface area contributed by atoms with E-state index >= 15 is 0 Å². The number of hydrogen-bond acceptors (Lipinski definition) is 5. The number of carbonyl (C=O) groups is 1. The molecule has 2 aromatic carbocycles. The average molecular weight is 466 g/mol. The maximum absolute atomic E-state index is 13.5. The van der Waals surface area contributed by atoms with E-state index in [2.05, 4.69) is 13.8 Å². The monoisotopic (exact) mass is 465 g/mol. The zero-order chi connectivity index (χ0) is 21.8. The van der Waals surface area contributed by atoms with Gasteiger partial charge in [0.05, 0.1) is 28.8 Å². The highest BCUT2D eigenvalue weighted by molar-refractivity contribution is 8.27. The van der Waals surface area contributed by atoms with Gasteiger partial charge in [-0.05, 0) is 54.8 Å². The number of nitrogens with zero attached hydrogens (tertiary/aromatic N) is 1. The van der Waals surface area contributed by atoms with Crippen molar-refractivity contribution in [2.45, 2.75) is 20.8 Å². The van der Waals surface area contributed by atoms with E-state index in [1.165, 1.54) is 34.9 Å². The predicted octanol–water partition coefficient (Wildman–Crippen LogP) is 6.32. The molecule has 1 saturated heterocycles. The van der Waals surface area contributed by atoms with Crippen molar-refractivity contribution in [3.8, 4) is 11.5 Å². The number of ether oxygens (including phenoxy) is 2. The van der Waals surface area contributed by atoms with E-state index in [0.29, 0.717) is 45.5 Å². The van der Waals surface area contributed by atoms with Gasteiger partial charge < -0.3 is 9.47 Å². The molecule has 0 atom stereocenters. The Morgan fingerprint density at radius 2 is 1.97 bits per heavy atom. The molecule has 0 saturated carbocycles. The third-order valence-corrected chi connectivity index (χ3v) is 5.68. The van der Waals surface area contributed by atoms with Gasteiger partial charge in [-0.25, -0.2) is 4.39 Å². The number of rotatable bonds is 7. The summed E-state index contributed by atoms with van der Waals surface area (Å²) in [5.74, 6) is 0.833. The van der Waals surface area contributed by atoms with Crippen LogP contribution < -0.4 is 14.4 Å². The predicted molar refractivity (Wildman–Crippen MR) is 125 cm³/mol. The number of halogens is 2. The summed E-state index contributed by atoms with van der Waals surface area (Å²) in [6.07, 6.45) is 1.75. The lowest BCUT2D eigenvalue weighted by Gasteiger charge is -2.15. The van der Waals surface area contributed by atoms with Crippen molar-refractivity contribution in [1.82, 2.24) is 0 Å². The van der Waals surface area contributed by atoms with E-state index in [1.54, 1.807) is 6.08 Å². The lowest BCUT2D eigenvalue weighted by atomic mass is 10.1. The lowest BCUT2D eigenvalue weighted by molar-refractivity contribution is -0.113. The number of anilines is 1. The Morgan fingerprint density at radius 3 is 2.63 bits per heavy atom. The fourth-order valence-corrected chi connectivity index (χ4v) is 4.20. The third kappa shape index (κ3) is 5.14. The van der Waals surface area contributed by atoms with E-state index in [9.17, 15) is 9.18 Å². The minimum absolute atomic E-state index is 0.0659.